The smallest absolute Gasteiger partial charge is 0.221 e. The summed E-state index contributed by atoms with van der Waals surface area (Å²) < 4.78 is 4.82. The summed E-state index contributed by atoms with van der Waals surface area (Å²) in [5.74, 6) is 0.570. The maximum atomic E-state index is 11.3. The van der Waals surface area contributed by atoms with Crippen molar-refractivity contribution in [3.8, 4) is 0 Å². The highest BCUT2D eigenvalue weighted by atomic mass is 35.5. The number of nitrogens with one attached hydrogen (secondary N) is 2. The van der Waals surface area contributed by atoms with E-state index in [4.69, 9.17) is 16.3 Å². The highest BCUT2D eigenvalue weighted by Gasteiger charge is 2.02. The molecular formula is C11H16ClN3O2. The van der Waals surface area contributed by atoms with E-state index in [1.54, 1.807) is 25.4 Å². The van der Waals surface area contributed by atoms with Crippen molar-refractivity contribution >= 4 is 23.3 Å². The average Bonchev–Trinajstić information content (AvgIpc) is 2.32. The Morgan fingerprint density at radius 2 is 2.35 bits per heavy atom. The van der Waals surface area contributed by atoms with Gasteiger partial charge in [-0.25, -0.2) is 4.98 Å². The van der Waals surface area contributed by atoms with Crippen molar-refractivity contribution in [2.24, 2.45) is 0 Å². The van der Waals surface area contributed by atoms with Gasteiger partial charge >= 0.3 is 0 Å². The molecule has 1 amide bonds. The Balaban J connectivity index is 2.19. The number of anilines is 1. The molecule has 0 aliphatic rings. The summed E-state index contributed by atoms with van der Waals surface area (Å²) in [4.78, 5) is 15.4. The number of hydrogen-bond acceptors (Lipinski definition) is 4. The third-order valence-corrected chi connectivity index (χ3v) is 2.34. The minimum absolute atomic E-state index is 0.0263. The maximum Gasteiger partial charge on any atom is 0.221 e. The van der Waals surface area contributed by atoms with Crippen molar-refractivity contribution in [2.45, 2.75) is 6.42 Å². The molecule has 6 heteroatoms. The number of ether oxygens (including phenoxy) is 1. The van der Waals surface area contributed by atoms with Gasteiger partial charge in [-0.1, -0.05) is 11.6 Å². The molecule has 0 aliphatic carbocycles. The van der Waals surface area contributed by atoms with E-state index in [9.17, 15) is 4.79 Å². The molecule has 17 heavy (non-hydrogen) atoms. The van der Waals surface area contributed by atoms with Gasteiger partial charge in [0, 0.05) is 32.8 Å². The van der Waals surface area contributed by atoms with Crippen molar-refractivity contribution in [3.05, 3.63) is 23.4 Å². The van der Waals surface area contributed by atoms with E-state index in [2.05, 4.69) is 15.6 Å². The van der Waals surface area contributed by atoms with Crippen LogP contribution < -0.4 is 10.6 Å². The maximum absolute atomic E-state index is 11.3. The van der Waals surface area contributed by atoms with Crippen LogP contribution >= 0.6 is 11.6 Å². The second-order valence-electron chi connectivity index (χ2n) is 3.35. The van der Waals surface area contributed by atoms with E-state index in [-0.39, 0.29) is 5.91 Å². The Bertz CT molecular complexity index is 360. The van der Waals surface area contributed by atoms with E-state index in [0.717, 1.165) is 0 Å². The molecule has 1 aromatic rings. The lowest BCUT2D eigenvalue weighted by Crippen LogP contribution is -2.28. The van der Waals surface area contributed by atoms with Crippen LogP contribution in [0.2, 0.25) is 5.02 Å². The van der Waals surface area contributed by atoms with Crippen LogP contribution in [0.25, 0.3) is 0 Å². The van der Waals surface area contributed by atoms with Gasteiger partial charge in [0.1, 0.15) is 5.82 Å². The van der Waals surface area contributed by atoms with Crippen molar-refractivity contribution in [1.29, 1.82) is 0 Å². The van der Waals surface area contributed by atoms with Crippen LogP contribution in [0.5, 0.6) is 0 Å². The number of nitrogens with zero attached hydrogens (tertiary/aromatic N) is 1. The molecule has 0 atom stereocenters. The molecule has 0 bridgehead atoms. The number of pyridine rings is 1. The Morgan fingerprint density at radius 3 is 3.06 bits per heavy atom. The lowest BCUT2D eigenvalue weighted by atomic mass is 10.4. The molecule has 0 fully saturated rings. The summed E-state index contributed by atoms with van der Waals surface area (Å²) in [7, 11) is 1.59. The zero-order valence-corrected chi connectivity index (χ0v) is 10.5. The van der Waals surface area contributed by atoms with Gasteiger partial charge in [0.15, 0.2) is 0 Å². The number of hydrogen-bond donors (Lipinski definition) is 2. The zero-order valence-electron chi connectivity index (χ0n) is 9.70. The summed E-state index contributed by atoms with van der Waals surface area (Å²) in [6, 6.07) is 3.50. The predicted molar refractivity (Wildman–Crippen MR) is 67.2 cm³/mol. The first-order valence-electron chi connectivity index (χ1n) is 5.34. The molecule has 0 spiro atoms. The minimum Gasteiger partial charge on any atom is -0.383 e. The molecule has 0 radical (unpaired) electrons. The van der Waals surface area contributed by atoms with Gasteiger partial charge in [0.2, 0.25) is 5.91 Å². The molecule has 1 heterocycles. The van der Waals surface area contributed by atoms with Crippen molar-refractivity contribution in [3.63, 3.8) is 0 Å². The monoisotopic (exact) mass is 257 g/mol. The molecule has 1 aromatic heterocycles. The fourth-order valence-electron chi connectivity index (χ4n) is 1.19. The van der Waals surface area contributed by atoms with Crippen molar-refractivity contribution < 1.29 is 9.53 Å². The van der Waals surface area contributed by atoms with E-state index in [1.165, 1.54) is 0 Å². The van der Waals surface area contributed by atoms with Crippen LogP contribution in [-0.2, 0) is 9.53 Å². The predicted octanol–water partition coefficient (Wildman–Crippen LogP) is 1.30. The Hall–Kier alpha value is -1.33. The third-order valence-electron chi connectivity index (χ3n) is 2.03. The van der Waals surface area contributed by atoms with Gasteiger partial charge in [-0.2, -0.15) is 0 Å². The molecule has 0 saturated heterocycles. The second kappa shape index (κ2) is 7.86. The molecule has 2 N–H and O–H groups in total. The fourth-order valence-corrected chi connectivity index (χ4v) is 1.38. The van der Waals surface area contributed by atoms with Crippen LogP contribution in [-0.4, -0.2) is 37.7 Å². The molecule has 94 valence electrons. The van der Waals surface area contributed by atoms with Gasteiger partial charge in [0.25, 0.3) is 0 Å². The van der Waals surface area contributed by atoms with Crippen LogP contribution in [0, 0.1) is 0 Å². The third kappa shape index (κ3) is 5.51. The van der Waals surface area contributed by atoms with Crippen molar-refractivity contribution in [1.82, 2.24) is 10.3 Å². The zero-order chi connectivity index (χ0) is 12.5. The summed E-state index contributed by atoms with van der Waals surface area (Å²) in [5.41, 5.74) is 0. The van der Waals surface area contributed by atoms with E-state index in [0.29, 0.717) is 37.0 Å². The van der Waals surface area contributed by atoms with E-state index < -0.39 is 0 Å². The highest BCUT2D eigenvalue weighted by Crippen LogP contribution is 2.16. The summed E-state index contributed by atoms with van der Waals surface area (Å²) >= 11 is 5.90. The first-order valence-corrected chi connectivity index (χ1v) is 5.72. The molecule has 0 unspecified atom stereocenters. The number of halogens is 1. The van der Waals surface area contributed by atoms with Gasteiger partial charge in [-0.3, -0.25) is 4.79 Å². The molecule has 5 nitrogen and oxygen atoms in total. The number of amides is 1. The van der Waals surface area contributed by atoms with Gasteiger partial charge in [-0.05, 0) is 12.1 Å². The molecular weight excluding hydrogens is 242 g/mol. The number of methoxy groups -OCH3 is 1. The SMILES string of the molecule is COCCNC(=O)CCNc1ncccc1Cl. The number of aromatic nitrogens is 1. The Morgan fingerprint density at radius 1 is 1.53 bits per heavy atom. The quantitative estimate of drug-likeness (QED) is 0.723. The van der Waals surface area contributed by atoms with Crippen molar-refractivity contribution in [2.75, 3.05) is 32.1 Å². The first-order chi connectivity index (χ1) is 8.24. The van der Waals surface area contributed by atoms with Gasteiger partial charge < -0.3 is 15.4 Å². The van der Waals surface area contributed by atoms with E-state index in [1.807, 2.05) is 0 Å². The lowest BCUT2D eigenvalue weighted by molar-refractivity contribution is -0.121. The summed E-state index contributed by atoms with van der Waals surface area (Å²) in [6.45, 7) is 1.54. The minimum atomic E-state index is -0.0263. The number of rotatable bonds is 7. The molecule has 0 aliphatic heterocycles. The fraction of sp³-hybridized carbons (Fsp3) is 0.455. The Labute approximate surface area is 106 Å². The molecule has 0 saturated carbocycles. The Kier molecular flexibility index (Phi) is 6.35. The normalized spacial score (nSPS) is 10.0. The largest absolute Gasteiger partial charge is 0.383 e. The molecule has 0 aromatic carbocycles. The number of carbonyl (C=O) groups excluding carboxylic acids is 1. The van der Waals surface area contributed by atoms with Gasteiger partial charge in [0.05, 0.1) is 11.6 Å². The van der Waals surface area contributed by atoms with Crippen LogP contribution in [0.3, 0.4) is 0 Å². The van der Waals surface area contributed by atoms with Crippen LogP contribution in [0.1, 0.15) is 6.42 Å². The first kappa shape index (κ1) is 13.7. The second-order valence-corrected chi connectivity index (χ2v) is 3.76. The highest BCUT2D eigenvalue weighted by molar-refractivity contribution is 6.32. The van der Waals surface area contributed by atoms with Crippen LogP contribution in [0.15, 0.2) is 18.3 Å². The molecule has 1 rings (SSSR count). The number of carbonyl (C=O) groups is 1. The summed E-state index contributed by atoms with van der Waals surface area (Å²) in [5, 5.41) is 6.27. The average molecular weight is 258 g/mol. The summed E-state index contributed by atoms with van der Waals surface area (Å²) in [6.07, 6.45) is 2.02. The van der Waals surface area contributed by atoms with Crippen LogP contribution in [0.4, 0.5) is 5.82 Å². The topological polar surface area (TPSA) is 63.2 Å². The standard InChI is InChI=1S/C11H16ClN3O2/c1-17-8-7-13-10(16)4-6-15-11-9(12)3-2-5-14-11/h2-3,5H,4,6-8H2,1H3,(H,13,16)(H,14,15). The van der Waals surface area contributed by atoms with E-state index >= 15 is 0 Å². The lowest BCUT2D eigenvalue weighted by Gasteiger charge is -2.07. The van der Waals surface area contributed by atoms with Gasteiger partial charge in [-0.15, -0.1) is 0 Å².